The van der Waals surface area contributed by atoms with Crippen LogP contribution in [0, 0.1) is 0 Å². The van der Waals surface area contributed by atoms with Gasteiger partial charge < -0.3 is 15.0 Å². The van der Waals surface area contributed by atoms with E-state index in [4.69, 9.17) is 4.74 Å². The lowest BCUT2D eigenvalue weighted by Crippen LogP contribution is -2.35. The van der Waals surface area contributed by atoms with Gasteiger partial charge in [-0.2, -0.15) is 0 Å². The summed E-state index contributed by atoms with van der Waals surface area (Å²) in [5.41, 5.74) is 1.76. The minimum atomic E-state index is -0.217. The summed E-state index contributed by atoms with van der Waals surface area (Å²) >= 11 is 0. The molecule has 1 heterocycles. The Kier molecular flexibility index (Phi) is 5.33. The van der Waals surface area contributed by atoms with Crippen molar-refractivity contribution in [2.45, 2.75) is 19.3 Å². The SMILES string of the molecule is COc1ccc(C(=O)Nc2cccc(C(=O)N3CCCCC3)c2)cc1. The maximum Gasteiger partial charge on any atom is 0.255 e. The number of anilines is 1. The average Bonchev–Trinajstić information content (AvgIpc) is 2.68. The van der Waals surface area contributed by atoms with Gasteiger partial charge in [0.25, 0.3) is 11.8 Å². The normalized spacial score (nSPS) is 14.0. The van der Waals surface area contributed by atoms with E-state index in [2.05, 4.69) is 5.32 Å². The number of likely N-dealkylation sites (tertiary alicyclic amines) is 1. The van der Waals surface area contributed by atoms with Crippen molar-refractivity contribution in [3.63, 3.8) is 0 Å². The van der Waals surface area contributed by atoms with Gasteiger partial charge in [-0.05, 0) is 61.7 Å². The van der Waals surface area contributed by atoms with Crippen LogP contribution in [0.25, 0.3) is 0 Å². The van der Waals surface area contributed by atoms with Gasteiger partial charge in [0, 0.05) is 29.9 Å². The molecule has 130 valence electrons. The topological polar surface area (TPSA) is 58.6 Å². The summed E-state index contributed by atoms with van der Waals surface area (Å²) < 4.78 is 5.09. The van der Waals surface area contributed by atoms with Gasteiger partial charge in [0.2, 0.25) is 0 Å². The lowest BCUT2D eigenvalue weighted by molar-refractivity contribution is 0.0724. The number of carbonyl (C=O) groups is 2. The van der Waals surface area contributed by atoms with Crippen LogP contribution in [0.5, 0.6) is 5.75 Å². The zero-order valence-electron chi connectivity index (χ0n) is 14.3. The van der Waals surface area contributed by atoms with Crippen LogP contribution in [-0.4, -0.2) is 36.9 Å². The molecule has 0 radical (unpaired) electrons. The number of nitrogens with one attached hydrogen (secondary N) is 1. The van der Waals surface area contributed by atoms with Crippen molar-refractivity contribution < 1.29 is 14.3 Å². The Morgan fingerprint density at radius 3 is 2.36 bits per heavy atom. The molecule has 1 aliphatic rings. The van der Waals surface area contributed by atoms with E-state index in [1.165, 1.54) is 6.42 Å². The van der Waals surface area contributed by atoms with Gasteiger partial charge in [-0.25, -0.2) is 0 Å². The van der Waals surface area contributed by atoms with Crippen LogP contribution >= 0.6 is 0 Å². The summed E-state index contributed by atoms with van der Waals surface area (Å²) in [6.07, 6.45) is 3.29. The molecule has 2 aromatic rings. The molecular weight excluding hydrogens is 316 g/mol. The van der Waals surface area contributed by atoms with Crippen molar-refractivity contribution >= 4 is 17.5 Å². The molecule has 0 aliphatic carbocycles. The standard InChI is InChI=1S/C20H22N2O3/c1-25-18-10-8-15(9-11-18)19(23)21-17-7-5-6-16(14-17)20(24)22-12-3-2-4-13-22/h5-11,14H,2-4,12-13H2,1H3,(H,21,23). The number of hydrogen-bond donors (Lipinski definition) is 1. The molecule has 2 aromatic carbocycles. The number of amides is 2. The van der Waals surface area contributed by atoms with E-state index in [0.717, 1.165) is 25.9 Å². The van der Waals surface area contributed by atoms with Crippen molar-refractivity contribution in [1.29, 1.82) is 0 Å². The van der Waals surface area contributed by atoms with E-state index in [-0.39, 0.29) is 11.8 Å². The van der Waals surface area contributed by atoms with E-state index in [0.29, 0.717) is 22.6 Å². The molecular formula is C20H22N2O3. The molecule has 0 atom stereocenters. The van der Waals surface area contributed by atoms with Crippen LogP contribution in [-0.2, 0) is 0 Å². The minimum absolute atomic E-state index is 0.0280. The third-order valence-electron chi connectivity index (χ3n) is 4.36. The third kappa shape index (κ3) is 4.18. The van der Waals surface area contributed by atoms with Gasteiger partial charge in [-0.1, -0.05) is 6.07 Å². The molecule has 2 amide bonds. The first kappa shape index (κ1) is 17.0. The highest BCUT2D eigenvalue weighted by atomic mass is 16.5. The van der Waals surface area contributed by atoms with Crippen LogP contribution in [0.2, 0.25) is 0 Å². The second kappa shape index (κ2) is 7.83. The van der Waals surface area contributed by atoms with Crippen molar-refractivity contribution in [2.75, 3.05) is 25.5 Å². The van der Waals surface area contributed by atoms with Gasteiger partial charge in [0.05, 0.1) is 7.11 Å². The van der Waals surface area contributed by atoms with E-state index in [1.807, 2.05) is 4.90 Å². The quantitative estimate of drug-likeness (QED) is 0.927. The molecule has 0 spiro atoms. The molecule has 0 unspecified atom stereocenters. The number of rotatable bonds is 4. The van der Waals surface area contributed by atoms with E-state index in [1.54, 1.807) is 55.6 Å². The zero-order valence-corrected chi connectivity index (χ0v) is 14.3. The second-order valence-electron chi connectivity index (χ2n) is 6.12. The Balaban J connectivity index is 1.70. The van der Waals surface area contributed by atoms with Crippen molar-refractivity contribution in [1.82, 2.24) is 4.90 Å². The van der Waals surface area contributed by atoms with Crippen LogP contribution in [0.1, 0.15) is 40.0 Å². The van der Waals surface area contributed by atoms with Crippen LogP contribution in [0.15, 0.2) is 48.5 Å². The number of methoxy groups -OCH3 is 1. The number of nitrogens with zero attached hydrogens (tertiary/aromatic N) is 1. The Morgan fingerprint density at radius 1 is 0.960 bits per heavy atom. The van der Waals surface area contributed by atoms with E-state index in [9.17, 15) is 9.59 Å². The fraction of sp³-hybridized carbons (Fsp3) is 0.300. The first-order valence-electron chi connectivity index (χ1n) is 8.52. The Labute approximate surface area is 147 Å². The monoisotopic (exact) mass is 338 g/mol. The average molecular weight is 338 g/mol. The van der Waals surface area contributed by atoms with Crippen LogP contribution in [0.3, 0.4) is 0 Å². The maximum absolute atomic E-state index is 12.6. The highest BCUT2D eigenvalue weighted by molar-refractivity contribution is 6.05. The lowest BCUT2D eigenvalue weighted by Gasteiger charge is -2.26. The van der Waals surface area contributed by atoms with Gasteiger partial charge in [-0.3, -0.25) is 9.59 Å². The number of ether oxygens (including phenoxy) is 1. The molecule has 5 heteroatoms. The fourth-order valence-corrected chi connectivity index (χ4v) is 2.96. The molecule has 25 heavy (non-hydrogen) atoms. The molecule has 1 aliphatic heterocycles. The molecule has 5 nitrogen and oxygen atoms in total. The molecule has 0 saturated carbocycles. The molecule has 1 fully saturated rings. The summed E-state index contributed by atoms with van der Waals surface area (Å²) in [4.78, 5) is 26.8. The summed E-state index contributed by atoms with van der Waals surface area (Å²) in [6.45, 7) is 1.61. The van der Waals surface area contributed by atoms with Gasteiger partial charge in [0.15, 0.2) is 0 Å². The fourth-order valence-electron chi connectivity index (χ4n) is 2.96. The molecule has 0 aromatic heterocycles. The highest BCUT2D eigenvalue weighted by Gasteiger charge is 2.18. The second-order valence-corrected chi connectivity index (χ2v) is 6.12. The molecule has 1 saturated heterocycles. The lowest BCUT2D eigenvalue weighted by atomic mass is 10.1. The van der Waals surface area contributed by atoms with Gasteiger partial charge >= 0.3 is 0 Å². The summed E-state index contributed by atoms with van der Waals surface area (Å²) in [5.74, 6) is 0.510. The first-order chi connectivity index (χ1) is 12.2. The largest absolute Gasteiger partial charge is 0.497 e. The van der Waals surface area contributed by atoms with Crippen molar-refractivity contribution in [3.05, 3.63) is 59.7 Å². The van der Waals surface area contributed by atoms with Crippen LogP contribution in [0.4, 0.5) is 5.69 Å². The predicted molar refractivity (Wildman–Crippen MR) is 97.1 cm³/mol. The number of hydrogen-bond acceptors (Lipinski definition) is 3. The smallest absolute Gasteiger partial charge is 0.255 e. The Bertz CT molecular complexity index is 750. The third-order valence-corrected chi connectivity index (χ3v) is 4.36. The minimum Gasteiger partial charge on any atom is -0.497 e. The highest BCUT2D eigenvalue weighted by Crippen LogP contribution is 2.18. The molecule has 3 rings (SSSR count). The van der Waals surface area contributed by atoms with Crippen molar-refractivity contribution in [3.8, 4) is 5.75 Å². The number of carbonyl (C=O) groups excluding carboxylic acids is 2. The summed E-state index contributed by atoms with van der Waals surface area (Å²) in [5, 5.41) is 2.84. The van der Waals surface area contributed by atoms with Gasteiger partial charge in [0.1, 0.15) is 5.75 Å². The molecule has 1 N–H and O–H groups in total. The summed E-state index contributed by atoms with van der Waals surface area (Å²) in [7, 11) is 1.58. The molecule has 0 bridgehead atoms. The predicted octanol–water partition coefficient (Wildman–Crippen LogP) is 3.57. The first-order valence-corrected chi connectivity index (χ1v) is 8.52. The van der Waals surface area contributed by atoms with Gasteiger partial charge in [-0.15, -0.1) is 0 Å². The van der Waals surface area contributed by atoms with E-state index < -0.39 is 0 Å². The maximum atomic E-state index is 12.6. The van der Waals surface area contributed by atoms with E-state index >= 15 is 0 Å². The number of piperidine rings is 1. The summed E-state index contributed by atoms with van der Waals surface area (Å²) in [6, 6.07) is 14.0. The Hall–Kier alpha value is -2.82. The van der Waals surface area contributed by atoms with Crippen molar-refractivity contribution in [2.24, 2.45) is 0 Å². The number of benzene rings is 2. The Morgan fingerprint density at radius 2 is 1.68 bits per heavy atom. The van der Waals surface area contributed by atoms with Crippen LogP contribution < -0.4 is 10.1 Å². The zero-order chi connectivity index (χ0) is 17.6.